The number of aromatic nitrogens is 4. The summed E-state index contributed by atoms with van der Waals surface area (Å²) in [5, 5.41) is 11.2. The molecule has 1 aliphatic carbocycles. The lowest BCUT2D eigenvalue weighted by atomic mass is 10.1. The molecule has 0 atom stereocenters. The number of aromatic amines is 1. The van der Waals surface area contributed by atoms with Crippen molar-refractivity contribution in [3.05, 3.63) is 40.2 Å². The Labute approximate surface area is 204 Å². The lowest BCUT2D eigenvalue weighted by molar-refractivity contribution is -0.143. The van der Waals surface area contributed by atoms with E-state index in [1.807, 2.05) is 32.1 Å². The van der Waals surface area contributed by atoms with Crippen LogP contribution in [0.1, 0.15) is 42.8 Å². The van der Waals surface area contributed by atoms with Crippen molar-refractivity contribution in [2.75, 3.05) is 32.5 Å². The van der Waals surface area contributed by atoms with Crippen molar-refractivity contribution in [1.82, 2.24) is 30.0 Å². The molecular weight excluding hydrogens is 450 g/mol. The van der Waals surface area contributed by atoms with E-state index in [2.05, 4.69) is 56.6 Å². The number of hydrogen-bond donors (Lipinski definition) is 2. The molecule has 3 heterocycles. The summed E-state index contributed by atoms with van der Waals surface area (Å²) in [5.74, 6) is -0.889. The molecule has 3 aromatic heterocycles. The molecule has 0 saturated carbocycles. The Morgan fingerprint density at radius 2 is 2.03 bits per heavy atom. The quantitative estimate of drug-likeness (QED) is 0.519. The van der Waals surface area contributed by atoms with E-state index in [1.54, 1.807) is 12.4 Å². The normalized spacial score (nSPS) is 12.4. The number of anilines is 1. The third-order valence-corrected chi connectivity index (χ3v) is 6.22. The topological polar surface area (TPSA) is 107 Å². The molecule has 2 amide bonds. The fraction of sp³-hybridized carbons (Fsp3) is 0.458. The molecule has 0 bridgehead atoms. The van der Waals surface area contributed by atoms with Crippen molar-refractivity contribution >= 4 is 45.8 Å². The van der Waals surface area contributed by atoms with Crippen LogP contribution in [-0.2, 0) is 22.6 Å². The van der Waals surface area contributed by atoms with Crippen molar-refractivity contribution < 1.29 is 9.59 Å². The van der Waals surface area contributed by atoms with Crippen molar-refractivity contribution in [3.63, 3.8) is 0 Å². The number of carbonyl (C=O) groups is 2. The van der Waals surface area contributed by atoms with Gasteiger partial charge in [-0.15, -0.1) is 11.3 Å². The molecule has 3 aromatic rings. The van der Waals surface area contributed by atoms with Gasteiger partial charge in [-0.1, -0.05) is 19.9 Å². The van der Waals surface area contributed by atoms with E-state index in [-0.39, 0.29) is 0 Å². The highest BCUT2D eigenvalue weighted by molar-refractivity contribution is 7.11. The zero-order valence-electron chi connectivity index (χ0n) is 20.5. The highest BCUT2D eigenvalue weighted by atomic mass is 32.1. The van der Waals surface area contributed by atoms with Crippen LogP contribution in [-0.4, -0.2) is 69.0 Å². The Kier molecular flexibility index (Phi) is 8.89. The summed E-state index contributed by atoms with van der Waals surface area (Å²) < 4.78 is 0. The predicted molar refractivity (Wildman–Crippen MR) is 136 cm³/mol. The van der Waals surface area contributed by atoms with Crippen molar-refractivity contribution in [3.8, 4) is 0 Å². The zero-order chi connectivity index (χ0) is 24.7. The van der Waals surface area contributed by atoms with Gasteiger partial charge in [-0.05, 0) is 45.9 Å². The summed E-state index contributed by atoms with van der Waals surface area (Å²) in [6, 6.07) is 0. The molecule has 0 radical (unpaired) electrons. The van der Waals surface area contributed by atoms with Crippen LogP contribution in [0.2, 0.25) is 0 Å². The Bertz CT molecular complexity index is 1150. The fourth-order valence-corrected chi connectivity index (χ4v) is 4.74. The Hall–Kier alpha value is -3.11. The molecule has 0 spiro atoms. The molecule has 182 valence electrons. The molecule has 34 heavy (non-hydrogen) atoms. The second-order valence-corrected chi connectivity index (χ2v) is 9.97. The maximum Gasteiger partial charge on any atom is 0.313 e. The molecule has 1 aliphatic rings. The molecule has 10 heteroatoms. The third-order valence-electron chi connectivity index (χ3n) is 5.10. The molecule has 2 N–H and O–H groups in total. The molecule has 0 unspecified atom stereocenters. The van der Waals surface area contributed by atoms with Gasteiger partial charge in [0.25, 0.3) is 0 Å². The number of carbonyl (C=O) groups excluding carboxylic acids is 2. The van der Waals surface area contributed by atoms with Crippen LogP contribution in [0.4, 0.5) is 5.69 Å². The second kappa shape index (κ2) is 11.8. The van der Waals surface area contributed by atoms with Crippen LogP contribution in [0.25, 0.3) is 17.0 Å². The molecule has 0 fully saturated rings. The maximum atomic E-state index is 12.2. The molecule has 9 nitrogen and oxygen atoms in total. The number of thiazole rings is 1. The van der Waals surface area contributed by atoms with Gasteiger partial charge in [0.05, 0.1) is 35.5 Å². The molecule has 0 saturated heterocycles. The number of aryl methyl sites for hydroxylation is 1. The first-order valence-corrected chi connectivity index (χ1v) is 12.3. The molecule has 0 aromatic carbocycles. The minimum atomic E-state index is -0.659. The van der Waals surface area contributed by atoms with E-state index in [9.17, 15) is 9.59 Å². The number of H-pyrrole nitrogens is 1. The highest BCUT2D eigenvalue weighted by Crippen LogP contribution is 2.25. The smallest absolute Gasteiger partial charge is 0.313 e. The number of hydrogen-bond acceptors (Lipinski definition) is 7. The van der Waals surface area contributed by atoms with Gasteiger partial charge in [-0.2, -0.15) is 5.10 Å². The van der Waals surface area contributed by atoms with Crippen LogP contribution in [0.3, 0.4) is 0 Å². The standard InChI is InChI=1S/C14H19N5O2.C10H14N2S/c1-4-19(8-9(2)3)14(21)13(20)17-11-6-15-7-12-10(11)5-16-18-12;1-12(2)7-10-11-8-5-3-4-6-9(8)13-10/h5-7,9H,4,8H2,1-3H3,(H,16,18)(H,17,20);3,5H,4,6-7H2,1-2H3. The first-order chi connectivity index (χ1) is 16.3. The summed E-state index contributed by atoms with van der Waals surface area (Å²) in [7, 11) is 4.16. The van der Waals surface area contributed by atoms with Crippen molar-refractivity contribution in [2.24, 2.45) is 5.92 Å². The molecule has 0 aliphatic heterocycles. The van der Waals surface area contributed by atoms with Crippen LogP contribution in [0, 0.1) is 5.92 Å². The Balaban J connectivity index is 0.000000212. The Morgan fingerprint density at radius 3 is 2.71 bits per heavy atom. The van der Waals surface area contributed by atoms with Gasteiger partial charge in [0, 0.05) is 29.9 Å². The van der Waals surface area contributed by atoms with Gasteiger partial charge in [-0.3, -0.25) is 19.7 Å². The largest absolute Gasteiger partial charge is 0.334 e. The van der Waals surface area contributed by atoms with E-state index in [1.165, 1.54) is 39.5 Å². The summed E-state index contributed by atoms with van der Waals surface area (Å²) in [4.78, 5) is 38.0. The van der Waals surface area contributed by atoms with Crippen molar-refractivity contribution in [2.45, 2.75) is 40.2 Å². The van der Waals surface area contributed by atoms with E-state index in [4.69, 9.17) is 0 Å². The monoisotopic (exact) mass is 483 g/mol. The average Bonchev–Trinajstić information content (AvgIpc) is 3.43. The number of amides is 2. The van der Waals surface area contributed by atoms with E-state index < -0.39 is 11.8 Å². The van der Waals surface area contributed by atoms with Gasteiger partial charge in [0.2, 0.25) is 0 Å². The van der Waals surface area contributed by atoms with Crippen molar-refractivity contribution in [1.29, 1.82) is 0 Å². The number of allylic oxidation sites excluding steroid dienone is 1. The summed E-state index contributed by atoms with van der Waals surface area (Å²) in [6.07, 6.45) is 11.4. The summed E-state index contributed by atoms with van der Waals surface area (Å²) in [5.41, 5.74) is 2.38. The third kappa shape index (κ3) is 6.71. The number of nitrogens with one attached hydrogen (secondary N) is 2. The van der Waals surface area contributed by atoms with Gasteiger partial charge < -0.3 is 15.1 Å². The number of nitrogens with zero attached hydrogens (tertiary/aromatic N) is 5. The van der Waals surface area contributed by atoms with E-state index in [0.717, 1.165) is 11.9 Å². The lowest BCUT2D eigenvalue weighted by Gasteiger charge is -2.22. The maximum absolute atomic E-state index is 12.2. The predicted octanol–water partition coefficient (Wildman–Crippen LogP) is 3.57. The summed E-state index contributed by atoms with van der Waals surface area (Å²) >= 11 is 1.86. The molecular formula is C24H33N7O2S. The van der Waals surface area contributed by atoms with Crippen LogP contribution < -0.4 is 5.32 Å². The van der Waals surface area contributed by atoms with Gasteiger partial charge >= 0.3 is 11.8 Å². The Morgan fingerprint density at radius 1 is 1.24 bits per heavy atom. The number of likely N-dealkylation sites (N-methyl/N-ethyl adjacent to an activating group) is 1. The lowest BCUT2D eigenvalue weighted by Crippen LogP contribution is -2.41. The SMILES string of the molecule is CCN(CC(C)C)C(=O)C(=O)Nc1cncc2[nH]ncc12.CN(C)Cc1nc2c(s1)CCC=C2. The van der Waals surface area contributed by atoms with Crippen LogP contribution in [0.5, 0.6) is 0 Å². The number of fused-ring (bicyclic) bond motifs is 2. The molecule has 4 rings (SSSR count). The first kappa shape index (κ1) is 25.5. The number of pyridine rings is 1. The average molecular weight is 484 g/mol. The minimum absolute atomic E-state index is 0.306. The van der Waals surface area contributed by atoms with Gasteiger partial charge in [0.1, 0.15) is 5.01 Å². The highest BCUT2D eigenvalue weighted by Gasteiger charge is 2.22. The van der Waals surface area contributed by atoms with E-state index in [0.29, 0.717) is 30.2 Å². The van der Waals surface area contributed by atoms with Crippen LogP contribution in [0.15, 0.2) is 24.7 Å². The van der Waals surface area contributed by atoms with E-state index >= 15 is 0 Å². The second-order valence-electron chi connectivity index (χ2n) is 8.80. The fourth-order valence-electron chi connectivity index (χ4n) is 3.55. The van der Waals surface area contributed by atoms with Gasteiger partial charge in [0.15, 0.2) is 0 Å². The van der Waals surface area contributed by atoms with Crippen LogP contribution >= 0.6 is 11.3 Å². The summed E-state index contributed by atoms with van der Waals surface area (Å²) in [6.45, 7) is 7.88. The first-order valence-electron chi connectivity index (χ1n) is 11.5. The minimum Gasteiger partial charge on any atom is -0.334 e. The number of rotatable bonds is 6. The van der Waals surface area contributed by atoms with Gasteiger partial charge in [-0.25, -0.2) is 4.98 Å². The zero-order valence-corrected chi connectivity index (χ0v) is 21.3.